The van der Waals surface area contributed by atoms with Crippen LogP contribution in [0.3, 0.4) is 0 Å². The zero-order valence-electron chi connectivity index (χ0n) is 11.2. The summed E-state index contributed by atoms with van der Waals surface area (Å²) in [6.45, 7) is 3.66. The fourth-order valence-corrected chi connectivity index (χ4v) is 1.83. The molecule has 0 aromatic heterocycles. The van der Waals surface area contributed by atoms with Gasteiger partial charge in [0.25, 0.3) is 0 Å². The summed E-state index contributed by atoms with van der Waals surface area (Å²) < 4.78 is 13.7. The second kappa shape index (κ2) is 7.23. The second-order valence-electron chi connectivity index (χ2n) is 4.49. The molecule has 1 rings (SSSR count). The van der Waals surface area contributed by atoms with E-state index in [2.05, 4.69) is 21.2 Å². The standard InChI is InChI=1S/C13H16BrFN2O3/c1-8(2)17(6-5-12(18)19)13(20)16-9-3-4-10(14)11(15)7-9/h3-4,7-8H,5-6H2,1-2H3,(H,16,20)(H,18,19). The maximum absolute atomic E-state index is 13.4. The molecule has 0 heterocycles. The third kappa shape index (κ3) is 4.80. The molecule has 1 aromatic rings. The second-order valence-corrected chi connectivity index (χ2v) is 5.34. The first-order valence-electron chi connectivity index (χ1n) is 6.05. The Morgan fingerprint density at radius 3 is 2.60 bits per heavy atom. The highest BCUT2D eigenvalue weighted by atomic mass is 79.9. The van der Waals surface area contributed by atoms with Crippen molar-refractivity contribution in [2.75, 3.05) is 11.9 Å². The molecule has 20 heavy (non-hydrogen) atoms. The number of anilines is 1. The van der Waals surface area contributed by atoms with Crippen LogP contribution in [-0.4, -0.2) is 34.6 Å². The summed E-state index contributed by atoms with van der Waals surface area (Å²) in [7, 11) is 0. The van der Waals surface area contributed by atoms with E-state index in [0.29, 0.717) is 10.2 Å². The number of aliphatic carboxylic acids is 1. The quantitative estimate of drug-likeness (QED) is 0.859. The van der Waals surface area contributed by atoms with Crippen molar-refractivity contribution >= 4 is 33.6 Å². The molecular formula is C13H16BrFN2O3. The number of carboxylic acid groups (broad SMARTS) is 1. The van der Waals surface area contributed by atoms with Gasteiger partial charge in [0.05, 0.1) is 10.9 Å². The molecule has 0 spiro atoms. The van der Waals surface area contributed by atoms with E-state index in [1.807, 2.05) is 0 Å². The topological polar surface area (TPSA) is 69.6 Å². The summed E-state index contributed by atoms with van der Waals surface area (Å²) >= 11 is 3.03. The number of hydrogen-bond donors (Lipinski definition) is 2. The average Bonchev–Trinajstić information content (AvgIpc) is 2.33. The number of carbonyl (C=O) groups excluding carboxylic acids is 1. The maximum Gasteiger partial charge on any atom is 0.322 e. The highest BCUT2D eigenvalue weighted by Gasteiger charge is 2.18. The molecule has 0 saturated heterocycles. The third-order valence-electron chi connectivity index (χ3n) is 2.62. The highest BCUT2D eigenvalue weighted by molar-refractivity contribution is 9.10. The Kier molecular flexibility index (Phi) is 5.94. The lowest BCUT2D eigenvalue weighted by molar-refractivity contribution is -0.137. The monoisotopic (exact) mass is 346 g/mol. The van der Waals surface area contributed by atoms with Crippen molar-refractivity contribution < 1.29 is 19.1 Å². The number of urea groups is 1. The van der Waals surface area contributed by atoms with Crippen molar-refractivity contribution in [3.63, 3.8) is 0 Å². The van der Waals surface area contributed by atoms with Crippen LogP contribution in [0.5, 0.6) is 0 Å². The molecule has 7 heteroatoms. The smallest absolute Gasteiger partial charge is 0.322 e. The van der Waals surface area contributed by atoms with Gasteiger partial charge in [-0.25, -0.2) is 9.18 Å². The van der Waals surface area contributed by atoms with E-state index < -0.39 is 17.8 Å². The van der Waals surface area contributed by atoms with Crippen molar-refractivity contribution in [3.05, 3.63) is 28.5 Å². The molecule has 2 amide bonds. The largest absolute Gasteiger partial charge is 0.481 e. The van der Waals surface area contributed by atoms with E-state index in [1.54, 1.807) is 19.9 Å². The van der Waals surface area contributed by atoms with Gasteiger partial charge in [-0.05, 0) is 48.0 Å². The van der Waals surface area contributed by atoms with E-state index in [9.17, 15) is 14.0 Å². The van der Waals surface area contributed by atoms with Gasteiger partial charge in [-0.3, -0.25) is 4.79 Å². The molecule has 0 fully saturated rings. The molecule has 0 radical (unpaired) electrons. The lowest BCUT2D eigenvalue weighted by Gasteiger charge is -2.26. The van der Waals surface area contributed by atoms with E-state index >= 15 is 0 Å². The minimum atomic E-state index is -0.974. The van der Waals surface area contributed by atoms with Crippen LogP contribution in [0, 0.1) is 5.82 Å². The molecule has 0 bridgehead atoms. The van der Waals surface area contributed by atoms with Crippen molar-refractivity contribution in [1.29, 1.82) is 0 Å². The zero-order valence-corrected chi connectivity index (χ0v) is 12.8. The van der Waals surface area contributed by atoms with Crippen LogP contribution in [0.2, 0.25) is 0 Å². The van der Waals surface area contributed by atoms with Crippen LogP contribution in [0.4, 0.5) is 14.9 Å². The first kappa shape index (κ1) is 16.4. The lowest BCUT2D eigenvalue weighted by Crippen LogP contribution is -2.41. The average molecular weight is 347 g/mol. The molecule has 0 saturated carbocycles. The fourth-order valence-electron chi connectivity index (χ4n) is 1.58. The number of hydrogen-bond acceptors (Lipinski definition) is 2. The van der Waals surface area contributed by atoms with Gasteiger partial charge < -0.3 is 15.3 Å². The number of halogens is 2. The van der Waals surface area contributed by atoms with E-state index in [-0.39, 0.29) is 19.0 Å². The first-order chi connectivity index (χ1) is 9.31. The number of rotatable bonds is 5. The van der Waals surface area contributed by atoms with Crippen LogP contribution in [-0.2, 0) is 4.79 Å². The number of benzene rings is 1. The van der Waals surface area contributed by atoms with Gasteiger partial charge in [-0.15, -0.1) is 0 Å². The summed E-state index contributed by atoms with van der Waals surface area (Å²) in [5.41, 5.74) is 0.316. The van der Waals surface area contributed by atoms with Crippen LogP contribution in [0.15, 0.2) is 22.7 Å². The SMILES string of the molecule is CC(C)N(CCC(=O)O)C(=O)Nc1ccc(Br)c(F)c1. The molecular weight excluding hydrogens is 331 g/mol. The molecule has 110 valence electrons. The lowest BCUT2D eigenvalue weighted by atomic mass is 10.3. The molecule has 0 aliphatic heterocycles. The Hall–Kier alpha value is -1.63. The Balaban J connectivity index is 2.74. The van der Waals surface area contributed by atoms with Crippen LogP contribution in [0.1, 0.15) is 20.3 Å². The number of nitrogens with zero attached hydrogens (tertiary/aromatic N) is 1. The summed E-state index contributed by atoms with van der Waals surface area (Å²) in [6, 6.07) is 3.62. The predicted molar refractivity (Wildman–Crippen MR) is 77.2 cm³/mol. The number of carbonyl (C=O) groups is 2. The van der Waals surface area contributed by atoms with Gasteiger partial charge in [-0.1, -0.05) is 0 Å². The van der Waals surface area contributed by atoms with Crippen molar-refractivity contribution in [2.24, 2.45) is 0 Å². The van der Waals surface area contributed by atoms with Gasteiger partial charge >= 0.3 is 12.0 Å². The predicted octanol–water partition coefficient (Wildman–Crippen LogP) is 3.31. The highest BCUT2D eigenvalue weighted by Crippen LogP contribution is 2.19. The van der Waals surface area contributed by atoms with Crippen molar-refractivity contribution in [1.82, 2.24) is 4.90 Å². The van der Waals surface area contributed by atoms with Gasteiger partial charge in [-0.2, -0.15) is 0 Å². The van der Waals surface area contributed by atoms with Crippen LogP contribution < -0.4 is 5.32 Å². The number of nitrogens with one attached hydrogen (secondary N) is 1. The molecule has 0 unspecified atom stereocenters. The van der Waals surface area contributed by atoms with Gasteiger partial charge in [0, 0.05) is 18.3 Å². The van der Waals surface area contributed by atoms with Gasteiger partial charge in [0.1, 0.15) is 5.82 Å². The molecule has 5 nitrogen and oxygen atoms in total. The Labute approximate surface area is 124 Å². The van der Waals surface area contributed by atoms with Crippen LogP contribution in [0.25, 0.3) is 0 Å². The molecule has 2 N–H and O–H groups in total. The molecule has 0 aliphatic carbocycles. The molecule has 0 aliphatic rings. The Morgan fingerprint density at radius 1 is 1.45 bits per heavy atom. The zero-order chi connectivity index (χ0) is 15.3. The third-order valence-corrected chi connectivity index (χ3v) is 3.26. The van der Waals surface area contributed by atoms with E-state index in [1.165, 1.54) is 17.0 Å². The molecule has 1 aromatic carbocycles. The minimum absolute atomic E-state index is 0.0951. The summed E-state index contributed by atoms with van der Waals surface area (Å²) in [5.74, 6) is -1.46. The van der Waals surface area contributed by atoms with Crippen molar-refractivity contribution in [2.45, 2.75) is 26.3 Å². The van der Waals surface area contributed by atoms with Crippen molar-refractivity contribution in [3.8, 4) is 0 Å². The van der Waals surface area contributed by atoms with E-state index in [4.69, 9.17) is 5.11 Å². The normalized spacial score (nSPS) is 10.4. The Bertz CT molecular complexity index is 508. The summed E-state index contributed by atoms with van der Waals surface area (Å²) in [6.07, 6.45) is -0.139. The summed E-state index contributed by atoms with van der Waals surface area (Å²) in [4.78, 5) is 24.0. The number of carboxylic acids is 1. The van der Waals surface area contributed by atoms with E-state index in [0.717, 1.165) is 0 Å². The number of amides is 2. The van der Waals surface area contributed by atoms with Gasteiger partial charge in [0.2, 0.25) is 0 Å². The fraction of sp³-hybridized carbons (Fsp3) is 0.385. The van der Waals surface area contributed by atoms with Gasteiger partial charge in [0.15, 0.2) is 0 Å². The minimum Gasteiger partial charge on any atom is -0.481 e. The Morgan fingerprint density at radius 2 is 2.10 bits per heavy atom. The first-order valence-corrected chi connectivity index (χ1v) is 6.85. The maximum atomic E-state index is 13.4. The summed E-state index contributed by atoms with van der Waals surface area (Å²) in [5, 5.41) is 11.2. The molecule has 0 atom stereocenters. The van der Waals surface area contributed by atoms with Crippen LogP contribution >= 0.6 is 15.9 Å².